The zero-order chi connectivity index (χ0) is 30.3. The minimum Gasteiger partial charge on any atom is -0.497 e. The summed E-state index contributed by atoms with van der Waals surface area (Å²) in [5, 5.41) is 0. The third-order valence-electron chi connectivity index (χ3n) is 6.28. The van der Waals surface area contributed by atoms with Crippen molar-refractivity contribution in [1.82, 2.24) is 0 Å². The first-order valence-corrected chi connectivity index (χ1v) is 14.0. The van der Waals surface area contributed by atoms with Crippen LogP contribution in [0.5, 0.6) is 17.2 Å². The normalized spacial score (nSPS) is 10.5. The highest BCUT2D eigenvalue weighted by atomic mass is 16.5. The van der Waals surface area contributed by atoms with Gasteiger partial charge in [0.05, 0.1) is 20.3 Å². The van der Waals surface area contributed by atoms with Crippen LogP contribution in [0.1, 0.15) is 60.4 Å². The van der Waals surface area contributed by atoms with Gasteiger partial charge in [0.25, 0.3) is 0 Å². The summed E-state index contributed by atoms with van der Waals surface area (Å²) in [6.45, 7) is 10.3. The lowest BCUT2D eigenvalue weighted by Crippen LogP contribution is -2.06. The number of benzene rings is 3. The molecule has 6 nitrogen and oxygen atoms in total. The Hall–Kier alpha value is -4.76. The quantitative estimate of drug-likeness (QED) is 0.0706. The van der Waals surface area contributed by atoms with Gasteiger partial charge in [-0.05, 0) is 118 Å². The fourth-order valence-electron chi connectivity index (χ4n) is 4.05. The van der Waals surface area contributed by atoms with Crippen LogP contribution in [0.2, 0.25) is 0 Å². The summed E-state index contributed by atoms with van der Waals surface area (Å²) in [5.74, 6) is 7.69. The maximum Gasteiger partial charge on any atom is 0.336 e. The molecular weight excluding hydrogens is 528 g/mol. The monoisotopic (exact) mass is 566 g/mol. The smallest absolute Gasteiger partial charge is 0.336 e. The topological polar surface area (TPSA) is 71.1 Å². The first-order chi connectivity index (χ1) is 20.2. The van der Waals surface area contributed by atoms with Crippen molar-refractivity contribution in [2.75, 3.05) is 20.3 Å². The number of ether oxygens (including phenoxy) is 4. The van der Waals surface area contributed by atoms with Gasteiger partial charge in [0.15, 0.2) is 0 Å². The van der Waals surface area contributed by atoms with Crippen LogP contribution in [-0.2, 0) is 14.3 Å². The van der Waals surface area contributed by atoms with Crippen molar-refractivity contribution >= 4 is 18.0 Å². The molecule has 3 rings (SSSR count). The first kappa shape index (κ1) is 31.8. The highest BCUT2D eigenvalue weighted by molar-refractivity contribution is 5.88. The Morgan fingerprint density at radius 1 is 0.810 bits per heavy atom. The lowest BCUT2D eigenvalue weighted by Gasteiger charge is -2.13. The first-order valence-electron chi connectivity index (χ1n) is 14.0. The summed E-state index contributed by atoms with van der Waals surface area (Å²) >= 11 is 0. The number of rotatable bonds is 13. The van der Waals surface area contributed by atoms with Gasteiger partial charge in [-0.3, -0.25) is 0 Å². The van der Waals surface area contributed by atoms with E-state index in [1.807, 2.05) is 62.4 Å². The van der Waals surface area contributed by atoms with Gasteiger partial charge in [-0.2, -0.15) is 0 Å². The van der Waals surface area contributed by atoms with E-state index in [4.69, 9.17) is 18.9 Å². The summed E-state index contributed by atoms with van der Waals surface area (Å²) < 4.78 is 21.7. The van der Waals surface area contributed by atoms with Crippen LogP contribution < -0.4 is 14.2 Å². The number of hydrogen-bond acceptors (Lipinski definition) is 6. The van der Waals surface area contributed by atoms with Crippen molar-refractivity contribution in [1.29, 1.82) is 0 Å². The molecule has 0 atom stereocenters. The highest BCUT2D eigenvalue weighted by Gasteiger charge is 2.07. The molecule has 6 heteroatoms. The molecule has 218 valence electrons. The number of carbonyl (C=O) groups excluding carboxylic acids is 2. The summed E-state index contributed by atoms with van der Waals surface area (Å²) in [7, 11) is 1.61. The fraction of sp³-hybridized carbons (Fsp3) is 0.278. The molecule has 0 aliphatic carbocycles. The predicted molar refractivity (Wildman–Crippen MR) is 166 cm³/mol. The average molecular weight is 567 g/mol. The number of esters is 2. The standard InChI is InChI=1S/C36H38O6/c1-26(2)36(38)41-23-9-7-6-8-22-40-35-27(3)24-31(25-28(35)4)11-10-29-14-19-33(20-15-29)42-34(37)21-16-30-12-17-32(39-5)18-13-30/h12-21,24-25H,1,6-9,22-23H2,2-5H3/b21-16+. The SMILES string of the molecule is C=C(C)C(=O)OCCCCCCOc1c(C)cc(C#Cc2ccc(OC(=O)/C=C/c3ccc(OC)cc3)cc2)cc1C. The second-order valence-corrected chi connectivity index (χ2v) is 9.92. The molecule has 0 aliphatic rings. The van der Waals surface area contributed by atoms with Gasteiger partial charge >= 0.3 is 11.9 Å². The van der Waals surface area contributed by atoms with E-state index in [0.717, 1.165) is 65.0 Å². The van der Waals surface area contributed by atoms with Crippen molar-refractivity contribution in [2.45, 2.75) is 46.5 Å². The minimum absolute atomic E-state index is 0.330. The van der Waals surface area contributed by atoms with E-state index >= 15 is 0 Å². The highest BCUT2D eigenvalue weighted by Crippen LogP contribution is 2.25. The molecule has 0 spiro atoms. The predicted octanol–water partition coefficient (Wildman–Crippen LogP) is 7.39. The second-order valence-electron chi connectivity index (χ2n) is 9.92. The molecule has 0 saturated carbocycles. The second kappa shape index (κ2) is 16.5. The van der Waals surface area contributed by atoms with Crippen molar-refractivity contribution in [2.24, 2.45) is 0 Å². The van der Waals surface area contributed by atoms with E-state index in [-0.39, 0.29) is 5.97 Å². The summed E-state index contributed by atoms with van der Waals surface area (Å²) in [6, 6.07) is 18.5. The molecular formula is C36H38O6. The Morgan fingerprint density at radius 2 is 1.40 bits per heavy atom. The third-order valence-corrected chi connectivity index (χ3v) is 6.28. The number of aryl methyl sites for hydroxylation is 2. The number of carbonyl (C=O) groups is 2. The Bertz CT molecular complexity index is 1430. The van der Waals surface area contributed by atoms with Crippen LogP contribution in [0.25, 0.3) is 6.08 Å². The largest absolute Gasteiger partial charge is 0.497 e. The molecule has 0 aromatic heterocycles. The van der Waals surface area contributed by atoms with E-state index < -0.39 is 5.97 Å². The molecule has 3 aromatic carbocycles. The Kier molecular flexibility index (Phi) is 12.5. The third kappa shape index (κ3) is 10.7. The van der Waals surface area contributed by atoms with Crippen LogP contribution in [0.3, 0.4) is 0 Å². The molecule has 0 aliphatic heterocycles. The fourth-order valence-corrected chi connectivity index (χ4v) is 4.05. The lowest BCUT2D eigenvalue weighted by molar-refractivity contribution is -0.139. The van der Waals surface area contributed by atoms with Crippen LogP contribution in [-0.4, -0.2) is 32.3 Å². The van der Waals surface area contributed by atoms with E-state index in [9.17, 15) is 9.59 Å². The Balaban J connectivity index is 1.45. The molecule has 0 unspecified atom stereocenters. The van der Waals surface area contributed by atoms with Crippen LogP contribution in [0.15, 0.2) is 78.9 Å². The van der Waals surface area contributed by atoms with Crippen molar-refractivity contribution in [3.05, 3.63) is 107 Å². The number of hydrogen-bond donors (Lipinski definition) is 0. The Morgan fingerprint density at radius 3 is 2.02 bits per heavy atom. The molecule has 0 amide bonds. The van der Waals surface area contributed by atoms with E-state index in [1.165, 1.54) is 6.08 Å². The Labute approximate surface area is 249 Å². The minimum atomic E-state index is -0.459. The van der Waals surface area contributed by atoms with Gasteiger partial charge < -0.3 is 18.9 Å². The van der Waals surface area contributed by atoms with E-state index in [1.54, 1.807) is 32.2 Å². The molecule has 0 saturated heterocycles. The van der Waals surface area contributed by atoms with E-state index in [0.29, 0.717) is 24.5 Å². The van der Waals surface area contributed by atoms with Crippen LogP contribution >= 0.6 is 0 Å². The van der Waals surface area contributed by atoms with Gasteiger partial charge in [0, 0.05) is 22.8 Å². The van der Waals surface area contributed by atoms with Gasteiger partial charge in [-0.25, -0.2) is 9.59 Å². The van der Waals surface area contributed by atoms with Crippen LogP contribution in [0.4, 0.5) is 0 Å². The van der Waals surface area contributed by atoms with Gasteiger partial charge in [0.1, 0.15) is 17.2 Å². The average Bonchev–Trinajstić information content (AvgIpc) is 2.98. The molecule has 0 bridgehead atoms. The van der Waals surface area contributed by atoms with Crippen LogP contribution in [0, 0.1) is 25.7 Å². The maximum absolute atomic E-state index is 12.2. The van der Waals surface area contributed by atoms with E-state index in [2.05, 4.69) is 18.4 Å². The summed E-state index contributed by atoms with van der Waals surface area (Å²) in [4.78, 5) is 23.6. The van der Waals surface area contributed by atoms with Crippen molar-refractivity contribution < 1.29 is 28.5 Å². The summed E-state index contributed by atoms with van der Waals surface area (Å²) in [6.07, 6.45) is 6.83. The molecule has 3 aromatic rings. The molecule has 0 heterocycles. The van der Waals surface area contributed by atoms with Crippen molar-refractivity contribution in [3.63, 3.8) is 0 Å². The van der Waals surface area contributed by atoms with Crippen molar-refractivity contribution in [3.8, 4) is 29.1 Å². The van der Waals surface area contributed by atoms with Gasteiger partial charge in [0.2, 0.25) is 0 Å². The lowest BCUT2D eigenvalue weighted by atomic mass is 10.1. The zero-order valence-corrected chi connectivity index (χ0v) is 24.8. The maximum atomic E-state index is 12.2. The molecule has 0 radical (unpaired) electrons. The van der Waals surface area contributed by atoms with Gasteiger partial charge in [-0.1, -0.05) is 30.6 Å². The molecule has 0 fully saturated rings. The molecule has 0 N–H and O–H groups in total. The number of unbranched alkanes of at least 4 members (excludes halogenated alkanes) is 3. The molecule has 42 heavy (non-hydrogen) atoms. The van der Waals surface area contributed by atoms with Gasteiger partial charge in [-0.15, -0.1) is 0 Å². The summed E-state index contributed by atoms with van der Waals surface area (Å²) in [5.41, 5.74) is 5.09. The zero-order valence-electron chi connectivity index (χ0n) is 24.8. The number of methoxy groups -OCH3 is 1.